The lowest BCUT2D eigenvalue weighted by Crippen LogP contribution is -2.40. The van der Waals surface area contributed by atoms with Crippen molar-refractivity contribution in [1.29, 1.82) is 5.26 Å². The number of nitrogens with zero attached hydrogens (tertiary/aromatic N) is 5. The molecule has 3 amide bonds. The number of aromatic nitrogens is 2. The Morgan fingerprint density at radius 1 is 1.36 bits per heavy atom. The molecule has 0 aromatic carbocycles. The standard InChI is InChI=1S/C27H33N7O5/c1-18(36)33(16-22-6-4-9-39-22)15-20-11-19-5-3-8-34(26(19)31-24(20)17-35)27(37)32-25-12-23(29-7-10-38-2)21(13-28)14-30-25/h11-12,14,17,22H,3-10,15-16H2,1-2H3,(H2,29,30,32,37)/t22-/m0/s1. The van der Waals surface area contributed by atoms with Crippen molar-refractivity contribution in [3.8, 4) is 6.07 Å². The minimum atomic E-state index is -0.447. The Labute approximate surface area is 227 Å². The molecule has 2 N–H and O–H groups in total. The highest BCUT2D eigenvalue weighted by Gasteiger charge is 2.28. The normalized spacial score (nSPS) is 16.2. The zero-order valence-corrected chi connectivity index (χ0v) is 22.2. The van der Waals surface area contributed by atoms with Gasteiger partial charge in [0.1, 0.15) is 23.4 Å². The predicted octanol–water partition coefficient (Wildman–Crippen LogP) is 2.73. The zero-order chi connectivity index (χ0) is 27.8. The molecule has 0 saturated carbocycles. The van der Waals surface area contributed by atoms with Gasteiger partial charge in [0.05, 0.1) is 24.0 Å². The van der Waals surface area contributed by atoms with Crippen LogP contribution in [0.1, 0.15) is 53.4 Å². The van der Waals surface area contributed by atoms with Crippen molar-refractivity contribution in [3.05, 3.63) is 40.7 Å². The summed E-state index contributed by atoms with van der Waals surface area (Å²) in [7, 11) is 1.58. The predicted molar refractivity (Wildman–Crippen MR) is 144 cm³/mol. The number of methoxy groups -OCH3 is 1. The van der Waals surface area contributed by atoms with Crippen molar-refractivity contribution in [1.82, 2.24) is 14.9 Å². The maximum absolute atomic E-state index is 13.3. The number of aryl methyl sites for hydroxylation is 1. The van der Waals surface area contributed by atoms with Crippen LogP contribution in [0, 0.1) is 11.3 Å². The average molecular weight is 536 g/mol. The van der Waals surface area contributed by atoms with Gasteiger partial charge in [0.2, 0.25) is 5.91 Å². The molecule has 4 heterocycles. The lowest BCUT2D eigenvalue weighted by Gasteiger charge is -2.30. The molecule has 12 nitrogen and oxygen atoms in total. The molecule has 2 aliphatic heterocycles. The number of ether oxygens (including phenoxy) is 2. The zero-order valence-electron chi connectivity index (χ0n) is 22.2. The summed E-state index contributed by atoms with van der Waals surface area (Å²) in [4.78, 5) is 49.5. The van der Waals surface area contributed by atoms with E-state index < -0.39 is 6.03 Å². The number of pyridine rings is 2. The fourth-order valence-corrected chi connectivity index (χ4v) is 4.75. The summed E-state index contributed by atoms with van der Waals surface area (Å²) < 4.78 is 10.7. The van der Waals surface area contributed by atoms with Gasteiger partial charge in [0, 0.05) is 64.6 Å². The quantitative estimate of drug-likeness (QED) is 0.346. The van der Waals surface area contributed by atoms with Crippen molar-refractivity contribution in [2.24, 2.45) is 0 Å². The number of nitrogens with one attached hydrogen (secondary N) is 2. The number of hydrogen-bond acceptors (Lipinski definition) is 9. The molecule has 1 saturated heterocycles. The third kappa shape index (κ3) is 6.87. The van der Waals surface area contributed by atoms with E-state index in [2.05, 4.69) is 26.7 Å². The summed E-state index contributed by atoms with van der Waals surface area (Å²) in [5.41, 5.74) is 2.53. The summed E-state index contributed by atoms with van der Waals surface area (Å²) in [6, 6.07) is 5.09. The van der Waals surface area contributed by atoms with Crippen molar-refractivity contribution < 1.29 is 23.9 Å². The SMILES string of the molecule is COCCNc1cc(NC(=O)N2CCCc3cc(CN(C[C@@H]4CCCO4)C(C)=O)c(C=O)nc32)ncc1C#N. The van der Waals surface area contributed by atoms with E-state index in [0.29, 0.717) is 74.6 Å². The van der Waals surface area contributed by atoms with Crippen molar-refractivity contribution in [2.45, 2.75) is 45.3 Å². The van der Waals surface area contributed by atoms with E-state index in [4.69, 9.17) is 9.47 Å². The highest BCUT2D eigenvalue weighted by atomic mass is 16.5. The molecular weight excluding hydrogens is 502 g/mol. The van der Waals surface area contributed by atoms with Gasteiger partial charge in [-0.05, 0) is 37.3 Å². The molecule has 2 aromatic heterocycles. The Morgan fingerprint density at radius 3 is 2.90 bits per heavy atom. The van der Waals surface area contributed by atoms with Crippen LogP contribution in [0.4, 0.5) is 22.1 Å². The third-order valence-corrected chi connectivity index (χ3v) is 6.77. The van der Waals surface area contributed by atoms with Gasteiger partial charge in [0.25, 0.3) is 0 Å². The number of anilines is 3. The number of fused-ring (bicyclic) bond motifs is 1. The van der Waals surface area contributed by atoms with Crippen LogP contribution in [0.5, 0.6) is 0 Å². The van der Waals surface area contributed by atoms with Crippen LogP contribution in [-0.2, 0) is 27.2 Å². The van der Waals surface area contributed by atoms with Gasteiger partial charge in [-0.3, -0.25) is 19.8 Å². The van der Waals surface area contributed by atoms with Crippen LogP contribution in [0.15, 0.2) is 18.3 Å². The topological polar surface area (TPSA) is 150 Å². The second kappa shape index (κ2) is 13.1. The highest BCUT2D eigenvalue weighted by molar-refractivity contribution is 6.01. The molecule has 1 fully saturated rings. The minimum absolute atomic E-state index is 0.00937. The Hall–Kier alpha value is -4.08. The fraction of sp³-hybridized carbons (Fsp3) is 0.481. The number of nitriles is 1. The van der Waals surface area contributed by atoms with Crippen LogP contribution < -0.4 is 15.5 Å². The summed E-state index contributed by atoms with van der Waals surface area (Å²) in [6.07, 6.45) is 5.30. The van der Waals surface area contributed by atoms with Gasteiger partial charge in [-0.15, -0.1) is 0 Å². The molecular formula is C27H33N7O5. The molecule has 0 bridgehead atoms. The Balaban J connectivity index is 1.53. The number of hydrogen-bond donors (Lipinski definition) is 2. The second-order valence-electron chi connectivity index (χ2n) is 9.50. The molecule has 1 atom stereocenters. The summed E-state index contributed by atoms with van der Waals surface area (Å²) in [5.74, 6) is 0.571. The molecule has 39 heavy (non-hydrogen) atoms. The molecule has 0 radical (unpaired) electrons. The van der Waals surface area contributed by atoms with E-state index in [1.54, 1.807) is 18.1 Å². The first kappa shape index (κ1) is 27.9. The van der Waals surface area contributed by atoms with Gasteiger partial charge < -0.3 is 19.7 Å². The van der Waals surface area contributed by atoms with E-state index in [0.717, 1.165) is 18.4 Å². The average Bonchev–Trinajstić information content (AvgIpc) is 3.45. The molecule has 12 heteroatoms. The maximum atomic E-state index is 13.3. The molecule has 2 aliphatic rings. The number of rotatable bonds is 10. The van der Waals surface area contributed by atoms with Crippen LogP contribution in [-0.4, -0.2) is 79.2 Å². The van der Waals surface area contributed by atoms with Gasteiger partial charge in [-0.2, -0.15) is 5.26 Å². The van der Waals surface area contributed by atoms with Crippen LogP contribution in [0.2, 0.25) is 0 Å². The first-order valence-electron chi connectivity index (χ1n) is 13.0. The van der Waals surface area contributed by atoms with Crippen LogP contribution in [0.25, 0.3) is 0 Å². The van der Waals surface area contributed by atoms with Gasteiger partial charge in [-0.1, -0.05) is 0 Å². The largest absolute Gasteiger partial charge is 0.383 e. The fourth-order valence-electron chi connectivity index (χ4n) is 4.75. The van der Waals surface area contributed by atoms with Crippen LogP contribution >= 0.6 is 0 Å². The Kier molecular flexibility index (Phi) is 9.40. The van der Waals surface area contributed by atoms with Crippen molar-refractivity contribution in [3.63, 3.8) is 0 Å². The molecule has 0 unspecified atom stereocenters. The molecule has 0 aliphatic carbocycles. The number of urea groups is 1. The van der Waals surface area contributed by atoms with Gasteiger partial charge in [-0.25, -0.2) is 14.8 Å². The van der Waals surface area contributed by atoms with Gasteiger partial charge >= 0.3 is 6.03 Å². The monoisotopic (exact) mass is 535 g/mol. The second-order valence-corrected chi connectivity index (χ2v) is 9.50. The smallest absolute Gasteiger partial charge is 0.328 e. The van der Waals surface area contributed by atoms with Crippen LogP contribution in [0.3, 0.4) is 0 Å². The number of aldehydes is 1. The van der Waals surface area contributed by atoms with E-state index in [-0.39, 0.29) is 30.1 Å². The summed E-state index contributed by atoms with van der Waals surface area (Å²) >= 11 is 0. The van der Waals surface area contributed by atoms with Crippen molar-refractivity contribution >= 4 is 35.5 Å². The van der Waals surface area contributed by atoms with E-state index in [1.807, 2.05) is 6.07 Å². The van der Waals surface area contributed by atoms with E-state index >= 15 is 0 Å². The van der Waals surface area contributed by atoms with E-state index in [1.165, 1.54) is 18.0 Å². The summed E-state index contributed by atoms with van der Waals surface area (Å²) in [6.45, 7) is 4.24. The maximum Gasteiger partial charge on any atom is 0.328 e. The number of amides is 3. The Morgan fingerprint density at radius 2 is 2.21 bits per heavy atom. The Bertz CT molecular complexity index is 1260. The minimum Gasteiger partial charge on any atom is -0.383 e. The van der Waals surface area contributed by atoms with E-state index in [9.17, 15) is 19.6 Å². The highest BCUT2D eigenvalue weighted by Crippen LogP contribution is 2.29. The van der Waals surface area contributed by atoms with Crippen molar-refractivity contribution in [2.75, 3.05) is 55.5 Å². The lowest BCUT2D eigenvalue weighted by atomic mass is 10.0. The number of carbonyl (C=O) groups is 3. The molecule has 0 spiro atoms. The molecule has 4 rings (SSSR count). The number of carbonyl (C=O) groups excluding carboxylic acids is 3. The first-order valence-corrected chi connectivity index (χ1v) is 13.0. The summed E-state index contributed by atoms with van der Waals surface area (Å²) in [5, 5.41) is 15.2. The molecule has 206 valence electrons. The first-order chi connectivity index (χ1) is 18.9. The van der Waals surface area contributed by atoms with Gasteiger partial charge in [0.15, 0.2) is 6.29 Å². The molecule has 2 aromatic rings. The third-order valence-electron chi connectivity index (χ3n) is 6.77. The lowest BCUT2D eigenvalue weighted by molar-refractivity contribution is -0.131.